The summed E-state index contributed by atoms with van der Waals surface area (Å²) in [5.41, 5.74) is 2.37. The number of carbonyl (C=O) groups is 2. The molecule has 1 aromatic heterocycles. The van der Waals surface area contributed by atoms with Crippen LogP contribution >= 0.6 is 11.3 Å². The molecule has 6 heteroatoms. The zero-order chi connectivity index (χ0) is 18.6. The number of esters is 1. The molecule has 138 valence electrons. The van der Waals surface area contributed by atoms with Crippen molar-refractivity contribution in [1.29, 1.82) is 0 Å². The summed E-state index contributed by atoms with van der Waals surface area (Å²) in [6.45, 7) is 4.03. The Kier molecular flexibility index (Phi) is 5.74. The summed E-state index contributed by atoms with van der Waals surface area (Å²) in [5.74, 6) is -0.584. The van der Waals surface area contributed by atoms with Gasteiger partial charge in [0.1, 0.15) is 4.88 Å². The monoisotopic (exact) mass is 373 g/mol. The number of methoxy groups -OCH3 is 1. The minimum Gasteiger partial charge on any atom is -0.465 e. The van der Waals surface area contributed by atoms with Gasteiger partial charge in [-0.15, -0.1) is 11.3 Å². The molecule has 1 fully saturated rings. The third-order valence-electron chi connectivity index (χ3n) is 4.97. The van der Waals surface area contributed by atoms with Crippen molar-refractivity contribution in [2.45, 2.75) is 25.2 Å². The van der Waals surface area contributed by atoms with Crippen LogP contribution < -0.4 is 5.32 Å². The summed E-state index contributed by atoms with van der Waals surface area (Å²) >= 11 is 1.15. The van der Waals surface area contributed by atoms with Crippen LogP contribution in [0, 0.1) is 6.92 Å². The molecule has 2 aromatic rings. The van der Waals surface area contributed by atoms with Crippen LogP contribution in [-0.2, 0) is 14.9 Å². The van der Waals surface area contributed by atoms with E-state index in [2.05, 4.69) is 24.4 Å². The first-order valence-electron chi connectivity index (χ1n) is 8.66. The van der Waals surface area contributed by atoms with E-state index >= 15 is 0 Å². The van der Waals surface area contributed by atoms with Gasteiger partial charge in [-0.05, 0) is 43.0 Å². The van der Waals surface area contributed by atoms with Crippen LogP contribution in [-0.4, -0.2) is 38.7 Å². The van der Waals surface area contributed by atoms with Crippen molar-refractivity contribution in [2.24, 2.45) is 0 Å². The van der Waals surface area contributed by atoms with Crippen molar-refractivity contribution in [3.63, 3.8) is 0 Å². The molecule has 1 aromatic carbocycles. The maximum absolute atomic E-state index is 12.6. The minimum absolute atomic E-state index is 0.123. The smallest absolute Gasteiger partial charge is 0.348 e. The van der Waals surface area contributed by atoms with Gasteiger partial charge in [0, 0.05) is 25.2 Å². The molecular weight excluding hydrogens is 350 g/mol. The number of nitrogens with one attached hydrogen (secondary N) is 1. The second-order valence-electron chi connectivity index (χ2n) is 6.55. The fraction of sp³-hybridized carbons (Fsp3) is 0.400. The highest BCUT2D eigenvalue weighted by molar-refractivity contribution is 7.15. The fourth-order valence-corrected chi connectivity index (χ4v) is 4.32. The van der Waals surface area contributed by atoms with Crippen LogP contribution in [0.15, 0.2) is 36.4 Å². The Balaban J connectivity index is 1.76. The molecule has 0 spiro atoms. The van der Waals surface area contributed by atoms with Gasteiger partial charge in [-0.2, -0.15) is 0 Å². The molecule has 0 aliphatic carbocycles. The molecule has 3 rings (SSSR count). The van der Waals surface area contributed by atoms with Gasteiger partial charge in [0.05, 0.1) is 12.0 Å². The van der Waals surface area contributed by atoms with Crippen molar-refractivity contribution >= 4 is 23.2 Å². The molecule has 0 atom stereocenters. The van der Waals surface area contributed by atoms with Crippen molar-refractivity contribution in [3.05, 3.63) is 57.3 Å². The number of amides is 1. The van der Waals surface area contributed by atoms with Crippen LogP contribution in [0.1, 0.15) is 43.3 Å². The van der Waals surface area contributed by atoms with Gasteiger partial charge in [0.2, 0.25) is 0 Å². The van der Waals surface area contributed by atoms with Gasteiger partial charge in [-0.25, -0.2) is 4.79 Å². The molecule has 1 aliphatic rings. The Bertz CT molecular complexity index is 793. The molecule has 0 saturated carbocycles. The summed E-state index contributed by atoms with van der Waals surface area (Å²) < 4.78 is 10.3. The summed E-state index contributed by atoms with van der Waals surface area (Å²) in [6.07, 6.45) is 1.74. The van der Waals surface area contributed by atoms with E-state index in [4.69, 9.17) is 9.47 Å². The van der Waals surface area contributed by atoms with Crippen molar-refractivity contribution in [1.82, 2.24) is 5.32 Å². The number of carbonyl (C=O) groups excluding carboxylic acids is 2. The quantitative estimate of drug-likeness (QED) is 0.817. The van der Waals surface area contributed by atoms with Gasteiger partial charge in [-0.1, -0.05) is 24.3 Å². The number of benzene rings is 1. The van der Waals surface area contributed by atoms with Gasteiger partial charge in [0.25, 0.3) is 5.91 Å². The first kappa shape index (κ1) is 18.6. The number of ether oxygens (including phenoxy) is 2. The number of aryl methyl sites for hydroxylation is 1. The highest BCUT2D eigenvalue weighted by atomic mass is 32.1. The topological polar surface area (TPSA) is 64.6 Å². The van der Waals surface area contributed by atoms with Gasteiger partial charge in [0.15, 0.2) is 0 Å². The van der Waals surface area contributed by atoms with E-state index in [1.165, 1.54) is 18.2 Å². The largest absolute Gasteiger partial charge is 0.465 e. The molecule has 1 N–H and O–H groups in total. The lowest BCUT2D eigenvalue weighted by atomic mass is 9.72. The average Bonchev–Trinajstić information content (AvgIpc) is 3.17. The van der Waals surface area contributed by atoms with Crippen molar-refractivity contribution < 1.29 is 19.1 Å². The lowest BCUT2D eigenvalue weighted by Gasteiger charge is -2.39. The van der Waals surface area contributed by atoms with Crippen LogP contribution in [0.2, 0.25) is 0 Å². The Labute approximate surface area is 157 Å². The molecule has 5 nitrogen and oxygen atoms in total. The number of hydrogen-bond acceptors (Lipinski definition) is 5. The third kappa shape index (κ3) is 3.81. The molecule has 1 amide bonds. The SMILES string of the molecule is COC(=O)c1ccc(C(=O)NCC2(c3ccccc3C)CCOCC2)s1. The maximum Gasteiger partial charge on any atom is 0.348 e. The fourth-order valence-electron chi connectivity index (χ4n) is 3.48. The third-order valence-corrected chi connectivity index (χ3v) is 6.03. The Morgan fingerprint density at radius 2 is 1.85 bits per heavy atom. The molecule has 0 bridgehead atoms. The van der Waals surface area contributed by atoms with Crippen molar-refractivity contribution in [3.8, 4) is 0 Å². The minimum atomic E-state index is -0.421. The summed E-state index contributed by atoms with van der Waals surface area (Å²) in [7, 11) is 1.33. The van der Waals surface area contributed by atoms with Crippen LogP contribution in [0.5, 0.6) is 0 Å². The zero-order valence-electron chi connectivity index (χ0n) is 15.0. The van der Waals surface area contributed by atoms with Gasteiger partial charge < -0.3 is 14.8 Å². The first-order chi connectivity index (χ1) is 12.6. The molecule has 1 saturated heterocycles. The summed E-state index contributed by atoms with van der Waals surface area (Å²) in [4.78, 5) is 25.1. The summed E-state index contributed by atoms with van der Waals surface area (Å²) in [6, 6.07) is 11.6. The average molecular weight is 373 g/mol. The highest BCUT2D eigenvalue weighted by Gasteiger charge is 2.36. The Morgan fingerprint density at radius 3 is 2.54 bits per heavy atom. The molecule has 1 aliphatic heterocycles. The zero-order valence-corrected chi connectivity index (χ0v) is 15.9. The van der Waals surface area contributed by atoms with E-state index in [-0.39, 0.29) is 11.3 Å². The van der Waals surface area contributed by atoms with Crippen LogP contribution in [0.4, 0.5) is 0 Å². The number of thiophene rings is 1. The highest BCUT2D eigenvalue weighted by Crippen LogP contribution is 2.36. The van der Waals surface area contributed by atoms with E-state index in [1.807, 2.05) is 12.1 Å². The van der Waals surface area contributed by atoms with E-state index in [1.54, 1.807) is 12.1 Å². The van der Waals surface area contributed by atoms with E-state index in [9.17, 15) is 9.59 Å². The predicted molar refractivity (Wildman–Crippen MR) is 101 cm³/mol. The first-order valence-corrected chi connectivity index (χ1v) is 9.47. The lowest BCUT2D eigenvalue weighted by molar-refractivity contribution is 0.0485. The van der Waals surface area contributed by atoms with Gasteiger partial charge >= 0.3 is 5.97 Å². The molecular formula is C20H23NO4S. The standard InChI is InChI=1S/C20H23NO4S/c1-14-5-3-4-6-15(14)20(9-11-25-12-10-20)13-21-18(22)16-7-8-17(26-16)19(23)24-2/h3-8H,9-13H2,1-2H3,(H,21,22). The van der Waals surface area contributed by atoms with Crippen LogP contribution in [0.25, 0.3) is 0 Å². The number of rotatable bonds is 5. The van der Waals surface area contributed by atoms with Crippen molar-refractivity contribution in [2.75, 3.05) is 26.9 Å². The number of hydrogen-bond donors (Lipinski definition) is 1. The molecule has 0 unspecified atom stereocenters. The predicted octanol–water partition coefficient (Wildman–Crippen LogP) is 3.32. The van der Waals surface area contributed by atoms with Crippen LogP contribution in [0.3, 0.4) is 0 Å². The Hall–Kier alpha value is -2.18. The van der Waals surface area contributed by atoms with Gasteiger partial charge in [-0.3, -0.25) is 4.79 Å². The maximum atomic E-state index is 12.6. The lowest BCUT2D eigenvalue weighted by Crippen LogP contribution is -2.44. The second kappa shape index (κ2) is 8.01. The van der Waals surface area contributed by atoms with E-state index in [0.29, 0.717) is 29.5 Å². The molecule has 0 radical (unpaired) electrons. The Morgan fingerprint density at radius 1 is 1.15 bits per heavy atom. The normalized spacial score (nSPS) is 16.1. The van der Waals surface area contributed by atoms with E-state index < -0.39 is 5.97 Å². The molecule has 2 heterocycles. The second-order valence-corrected chi connectivity index (χ2v) is 7.63. The molecule has 26 heavy (non-hydrogen) atoms. The summed E-state index contributed by atoms with van der Waals surface area (Å²) in [5, 5.41) is 3.07. The van der Waals surface area contributed by atoms with E-state index in [0.717, 1.165) is 24.2 Å².